The van der Waals surface area contributed by atoms with Crippen molar-refractivity contribution in [3.05, 3.63) is 35.1 Å². The Bertz CT molecular complexity index is 755. The fourth-order valence-corrected chi connectivity index (χ4v) is 2.10. The van der Waals surface area contributed by atoms with Gasteiger partial charge in [0.25, 0.3) is 0 Å². The van der Waals surface area contributed by atoms with Gasteiger partial charge in [-0.05, 0) is 24.3 Å². The molecule has 0 spiro atoms. The smallest absolute Gasteiger partial charge is 0.165 e. The Labute approximate surface area is 109 Å². The van der Waals surface area contributed by atoms with Gasteiger partial charge in [-0.2, -0.15) is 0 Å². The van der Waals surface area contributed by atoms with E-state index >= 15 is 0 Å². The van der Waals surface area contributed by atoms with E-state index in [0.29, 0.717) is 22.3 Å². The molecule has 0 atom stereocenters. The molecule has 3 aromatic rings. The molecule has 2 aromatic heterocycles. The van der Waals surface area contributed by atoms with Crippen molar-refractivity contribution in [1.82, 2.24) is 15.0 Å². The highest BCUT2D eigenvalue weighted by Crippen LogP contribution is 2.24. The van der Waals surface area contributed by atoms with Gasteiger partial charge in [0.05, 0.1) is 10.9 Å². The molecule has 0 aliphatic heterocycles. The predicted molar refractivity (Wildman–Crippen MR) is 73.6 cm³/mol. The number of anilines is 1. The first-order valence-electron chi connectivity index (χ1n) is 5.70. The van der Waals surface area contributed by atoms with Crippen LogP contribution in [-0.2, 0) is 6.42 Å². The van der Waals surface area contributed by atoms with Crippen LogP contribution in [0.4, 0.5) is 5.82 Å². The Kier molecular flexibility index (Phi) is 2.52. The monoisotopic (exact) mass is 258 g/mol. The predicted octanol–water partition coefficient (Wildman–Crippen LogP) is 2.98. The Morgan fingerprint density at radius 2 is 2.00 bits per heavy atom. The first kappa shape index (κ1) is 11.2. The number of aromatic nitrogens is 3. The molecule has 0 bridgehead atoms. The van der Waals surface area contributed by atoms with Gasteiger partial charge >= 0.3 is 0 Å². The van der Waals surface area contributed by atoms with Gasteiger partial charge in [0.2, 0.25) is 0 Å². The van der Waals surface area contributed by atoms with Gasteiger partial charge in [0.15, 0.2) is 5.65 Å². The summed E-state index contributed by atoms with van der Waals surface area (Å²) < 4.78 is 0. The third-order valence-electron chi connectivity index (χ3n) is 2.83. The lowest BCUT2D eigenvalue weighted by molar-refractivity contribution is 0.960. The summed E-state index contributed by atoms with van der Waals surface area (Å²) in [6, 6.07) is 7.48. The van der Waals surface area contributed by atoms with Gasteiger partial charge in [0.1, 0.15) is 11.6 Å². The van der Waals surface area contributed by atoms with Gasteiger partial charge in [-0.25, -0.2) is 15.0 Å². The van der Waals surface area contributed by atoms with Crippen molar-refractivity contribution in [3.63, 3.8) is 0 Å². The van der Waals surface area contributed by atoms with Crippen LogP contribution in [0.3, 0.4) is 0 Å². The van der Waals surface area contributed by atoms with E-state index in [2.05, 4.69) is 15.0 Å². The van der Waals surface area contributed by atoms with Crippen LogP contribution in [0, 0.1) is 0 Å². The minimum atomic E-state index is 0.464. The second-order valence-corrected chi connectivity index (χ2v) is 4.51. The Balaban J connectivity index is 2.41. The molecule has 3 rings (SSSR count). The van der Waals surface area contributed by atoms with Crippen molar-refractivity contribution in [3.8, 4) is 0 Å². The Morgan fingerprint density at radius 3 is 2.78 bits per heavy atom. The van der Waals surface area contributed by atoms with E-state index in [1.165, 1.54) is 0 Å². The third kappa shape index (κ3) is 1.75. The summed E-state index contributed by atoms with van der Waals surface area (Å²) in [4.78, 5) is 13.1. The maximum Gasteiger partial charge on any atom is 0.165 e. The molecule has 5 heteroatoms. The average molecular weight is 259 g/mol. The van der Waals surface area contributed by atoms with Crippen LogP contribution in [0.25, 0.3) is 21.9 Å². The molecule has 2 N–H and O–H groups in total. The number of halogens is 1. The summed E-state index contributed by atoms with van der Waals surface area (Å²) in [5.74, 6) is 1.17. The molecule has 2 heterocycles. The van der Waals surface area contributed by atoms with Crippen LogP contribution in [0.2, 0.25) is 5.02 Å². The maximum absolute atomic E-state index is 5.97. The summed E-state index contributed by atoms with van der Waals surface area (Å²) in [6.07, 6.45) is 0.737. The van der Waals surface area contributed by atoms with Gasteiger partial charge < -0.3 is 5.73 Å². The lowest BCUT2D eigenvalue weighted by Gasteiger charge is -2.05. The summed E-state index contributed by atoms with van der Waals surface area (Å²) in [6.45, 7) is 1.99. The Morgan fingerprint density at radius 1 is 1.17 bits per heavy atom. The number of nitrogen functional groups attached to an aromatic ring is 1. The normalized spacial score (nSPS) is 11.2. The van der Waals surface area contributed by atoms with E-state index < -0.39 is 0 Å². The lowest BCUT2D eigenvalue weighted by Crippen LogP contribution is -2.01. The molecule has 1 aromatic carbocycles. The van der Waals surface area contributed by atoms with Crippen LogP contribution < -0.4 is 5.73 Å². The fraction of sp³-hybridized carbons (Fsp3) is 0.154. The van der Waals surface area contributed by atoms with Crippen LogP contribution in [0.1, 0.15) is 12.7 Å². The number of benzene rings is 1. The first-order valence-corrected chi connectivity index (χ1v) is 6.07. The SMILES string of the molecule is CCc1nc(N)c2cc3cc(Cl)ccc3nc2n1. The maximum atomic E-state index is 5.97. The van der Waals surface area contributed by atoms with E-state index in [4.69, 9.17) is 17.3 Å². The van der Waals surface area contributed by atoms with Gasteiger partial charge in [-0.1, -0.05) is 18.5 Å². The molecule has 0 saturated heterocycles. The second-order valence-electron chi connectivity index (χ2n) is 4.08. The van der Waals surface area contributed by atoms with E-state index in [0.717, 1.165) is 22.7 Å². The molecule has 0 aliphatic rings. The number of hydrogen-bond acceptors (Lipinski definition) is 4. The second kappa shape index (κ2) is 4.07. The number of rotatable bonds is 1. The van der Waals surface area contributed by atoms with Crippen molar-refractivity contribution in [2.75, 3.05) is 5.73 Å². The standard InChI is InChI=1S/C13H11ClN4/c1-2-11-17-12(15)9-6-7-5-8(14)3-4-10(7)16-13(9)18-11/h3-6H,2H2,1H3,(H2,15,16,17,18). The van der Waals surface area contributed by atoms with Crippen molar-refractivity contribution in [2.24, 2.45) is 0 Å². The number of fused-ring (bicyclic) bond motifs is 2. The van der Waals surface area contributed by atoms with Gasteiger partial charge in [0, 0.05) is 16.8 Å². The van der Waals surface area contributed by atoms with E-state index in [1.807, 2.05) is 31.2 Å². The Hall–Kier alpha value is -1.94. The molecule has 90 valence electrons. The molecule has 0 aliphatic carbocycles. The topological polar surface area (TPSA) is 64.7 Å². The highest BCUT2D eigenvalue weighted by atomic mass is 35.5. The summed E-state index contributed by atoms with van der Waals surface area (Å²) >= 11 is 5.97. The molecule has 4 nitrogen and oxygen atoms in total. The summed E-state index contributed by atoms with van der Waals surface area (Å²) in [5, 5.41) is 2.38. The van der Waals surface area contributed by atoms with Crippen molar-refractivity contribution in [1.29, 1.82) is 0 Å². The van der Waals surface area contributed by atoms with E-state index in [1.54, 1.807) is 0 Å². The molecule has 0 radical (unpaired) electrons. The first-order chi connectivity index (χ1) is 8.67. The fourth-order valence-electron chi connectivity index (χ4n) is 1.92. The zero-order valence-corrected chi connectivity index (χ0v) is 10.6. The minimum Gasteiger partial charge on any atom is -0.383 e. The molecule has 18 heavy (non-hydrogen) atoms. The number of aryl methyl sites for hydroxylation is 1. The average Bonchev–Trinajstić information content (AvgIpc) is 2.37. The quantitative estimate of drug-likeness (QED) is 0.682. The molecule has 0 amide bonds. The number of nitrogens with zero attached hydrogens (tertiary/aromatic N) is 3. The zero-order chi connectivity index (χ0) is 12.7. The zero-order valence-electron chi connectivity index (χ0n) is 9.81. The van der Waals surface area contributed by atoms with Crippen molar-refractivity contribution >= 4 is 39.4 Å². The molecular weight excluding hydrogens is 248 g/mol. The third-order valence-corrected chi connectivity index (χ3v) is 3.07. The highest BCUT2D eigenvalue weighted by Gasteiger charge is 2.07. The van der Waals surface area contributed by atoms with Crippen LogP contribution in [0.5, 0.6) is 0 Å². The summed E-state index contributed by atoms with van der Waals surface area (Å²) in [5.41, 5.74) is 7.42. The summed E-state index contributed by atoms with van der Waals surface area (Å²) in [7, 11) is 0. The number of nitrogens with two attached hydrogens (primary N) is 1. The lowest BCUT2D eigenvalue weighted by atomic mass is 10.2. The minimum absolute atomic E-state index is 0.464. The van der Waals surface area contributed by atoms with Crippen molar-refractivity contribution in [2.45, 2.75) is 13.3 Å². The molecule has 0 unspecified atom stereocenters. The van der Waals surface area contributed by atoms with Crippen molar-refractivity contribution < 1.29 is 0 Å². The molecule has 0 fully saturated rings. The van der Waals surface area contributed by atoms with Crippen LogP contribution >= 0.6 is 11.6 Å². The van der Waals surface area contributed by atoms with E-state index in [-0.39, 0.29) is 0 Å². The van der Waals surface area contributed by atoms with Crippen LogP contribution in [0.15, 0.2) is 24.3 Å². The molecule has 0 saturated carbocycles. The molecular formula is C13H11ClN4. The van der Waals surface area contributed by atoms with Gasteiger partial charge in [-0.15, -0.1) is 0 Å². The van der Waals surface area contributed by atoms with E-state index in [9.17, 15) is 0 Å². The largest absolute Gasteiger partial charge is 0.383 e. The van der Waals surface area contributed by atoms with Gasteiger partial charge in [-0.3, -0.25) is 0 Å². The van der Waals surface area contributed by atoms with Crippen LogP contribution in [-0.4, -0.2) is 15.0 Å². The highest BCUT2D eigenvalue weighted by molar-refractivity contribution is 6.31. The number of hydrogen-bond donors (Lipinski definition) is 1. The number of pyridine rings is 1.